The third kappa shape index (κ3) is 5.64. The minimum atomic E-state index is 0.397. The molecular formula is C23H31N5O. The Morgan fingerprint density at radius 3 is 2.55 bits per heavy atom. The van der Waals surface area contributed by atoms with Gasteiger partial charge in [-0.2, -0.15) is 0 Å². The van der Waals surface area contributed by atoms with Gasteiger partial charge in [0.25, 0.3) is 0 Å². The molecule has 0 spiro atoms. The maximum Gasteiger partial charge on any atom is 0.193 e. The number of guanidine groups is 1. The van der Waals surface area contributed by atoms with Gasteiger partial charge >= 0.3 is 0 Å². The summed E-state index contributed by atoms with van der Waals surface area (Å²) in [7, 11) is 1.65. The van der Waals surface area contributed by atoms with Crippen molar-refractivity contribution in [1.29, 1.82) is 0 Å². The van der Waals surface area contributed by atoms with Crippen LogP contribution in [0.4, 0.5) is 11.4 Å². The van der Waals surface area contributed by atoms with Crippen molar-refractivity contribution in [3.63, 3.8) is 0 Å². The SMILES string of the molecule is COc1cccc(NC(N)=NCc2ccc(N3CCN(CC4CC4)CC3)cc2)c1. The van der Waals surface area contributed by atoms with Crippen LogP contribution in [-0.2, 0) is 6.54 Å². The highest BCUT2D eigenvalue weighted by molar-refractivity contribution is 5.92. The molecule has 0 atom stereocenters. The van der Waals surface area contributed by atoms with E-state index in [1.807, 2.05) is 24.3 Å². The average Bonchev–Trinajstić information content (AvgIpc) is 3.57. The molecule has 1 saturated carbocycles. The number of nitrogens with one attached hydrogen (secondary N) is 1. The van der Waals surface area contributed by atoms with Crippen molar-refractivity contribution in [2.24, 2.45) is 16.6 Å². The molecule has 6 heteroatoms. The summed E-state index contributed by atoms with van der Waals surface area (Å²) in [6.07, 6.45) is 2.87. The number of nitrogens with zero attached hydrogens (tertiary/aromatic N) is 3. The van der Waals surface area contributed by atoms with Gasteiger partial charge in [0, 0.05) is 50.2 Å². The van der Waals surface area contributed by atoms with Crippen molar-refractivity contribution >= 4 is 17.3 Å². The zero-order valence-corrected chi connectivity index (χ0v) is 17.2. The van der Waals surface area contributed by atoms with Crippen molar-refractivity contribution in [2.75, 3.05) is 50.1 Å². The molecule has 1 aliphatic heterocycles. The summed E-state index contributed by atoms with van der Waals surface area (Å²) in [4.78, 5) is 9.55. The fourth-order valence-corrected chi connectivity index (χ4v) is 3.73. The summed E-state index contributed by atoms with van der Waals surface area (Å²) < 4.78 is 5.22. The first-order chi connectivity index (χ1) is 14.2. The summed E-state index contributed by atoms with van der Waals surface area (Å²) in [6.45, 7) is 6.43. The molecule has 1 saturated heterocycles. The first kappa shape index (κ1) is 19.6. The van der Waals surface area contributed by atoms with Gasteiger partial charge in [-0.3, -0.25) is 4.90 Å². The number of methoxy groups -OCH3 is 1. The van der Waals surface area contributed by atoms with Gasteiger partial charge < -0.3 is 20.7 Å². The van der Waals surface area contributed by atoms with Gasteiger partial charge in [-0.1, -0.05) is 18.2 Å². The van der Waals surface area contributed by atoms with Gasteiger partial charge in [0.15, 0.2) is 5.96 Å². The smallest absolute Gasteiger partial charge is 0.193 e. The molecule has 0 bridgehead atoms. The number of rotatable bonds is 7. The van der Waals surface area contributed by atoms with E-state index in [-0.39, 0.29) is 0 Å². The summed E-state index contributed by atoms with van der Waals surface area (Å²) in [5, 5.41) is 3.11. The Hall–Kier alpha value is -2.73. The lowest BCUT2D eigenvalue weighted by atomic mass is 10.1. The standard InChI is InChI=1S/C23H31N5O/c1-29-22-4-2-3-20(15-22)26-23(24)25-16-18-7-9-21(10-8-18)28-13-11-27(12-14-28)17-19-5-6-19/h2-4,7-10,15,19H,5-6,11-14,16-17H2,1H3,(H3,24,25,26). The third-order valence-corrected chi connectivity index (χ3v) is 5.66. The summed E-state index contributed by atoms with van der Waals surface area (Å²) in [6, 6.07) is 16.3. The van der Waals surface area contributed by atoms with E-state index in [1.165, 1.54) is 38.2 Å². The van der Waals surface area contributed by atoms with E-state index in [4.69, 9.17) is 10.5 Å². The molecule has 0 amide bonds. The van der Waals surface area contributed by atoms with Crippen molar-refractivity contribution in [3.8, 4) is 5.75 Å². The first-order valence-corrected chi connectivity index (χ1v) is 10.5. The van der Waals surface area contributed by atoms with Crippen LogP contribution in [0.3, 0.4) is 0 Å². The molecule has 2 aromatic rings. The number of ether oxygens (including phenoxy) is 1. The van der Waals surface area contributed by atoms with Crippen LogP contribution in [0, 0.1) is 5.92 Å². The predicted octanol–water partition coefficient (Wildman–Crippen LogP) is 3.15. The van der Waals surface area contributed by atoms with Gasteiger partial charge in [-0.25, -0.2) is 4.99 Å². The van der Waals surface area contributed by atoms with Crippen LogP contribution < -0.4 is 20.7 Å². The Bertz CT molecular complexity index is 823. The highest BCUT2D eigenvalue weighted by atomic mass is 16.5. The maximum absolute atomic E-state index is 6.03. The summed E-state index contributed by atoms with van der Waals surface area (Å²) in [5.41, 5.74) is 9.34. The monoisotopic (exact) mass is 393 g/mol. The first-order valence-electron chi connectivity index (χ1n) is 10.5. The van der Waals surface area contributed by atoms with E-state index in [2.05, 4.69) is 44.4 Å². The second-order valence-electron chi connectivity index (χ2n) is 7.96. The Labute approximate surface area is 173 Å². The quantitative estimate of drug-likeness (QED) is 0.559. The fraction of sp³-hybridized carbons (Fsp3) is 0.435. The average molecular weight is 394 g/mol. The molecule has 1 aliphatic carbocycles. The Balaban J connectivity index is 1.27. The topological polar surface area (TPSA) is 66.1 Å². The number of hydrogen-bond donors (Lipinski definition) is 2. The minimum absolute atomic E-state index is 0.397. The third-order valence-electron chi connectivity index (χ3n) is 5.66. The number of hydrogen-bond acceptors (Lipinski definition) is 4. The predicted molar refractivity (Wildman–Crippen MR) is 120 cm³/mol. The molecule has 29 heavy (non-hydrogen) atoms. The van der Waals surface area contributed by atoms with Gasteiger partial charge in [-0.05, 0) is 48.6 Å². The number of nitrogens with two attached hydrogens (primary N) is 1. The van der Waals surface area contributed by atoms with Gasteiger partial charge in [0.2, 0.25) is 0 Å². The molecule has 0 aromatic heterocycles. The molecule has 4 rings (SSSR count). The molecular weight excluding hydrogens is 362 g/mol. The van der Waals surface area contributed by atoms with Crippen LogP contribution in [0.25, 0.3) is 0 Å². The molecule has 0 radical (unpaired) electrons. The minimum Gasteiger partial charge on any atom is -0.497 e. The van der Waals surface area contributed by atoms with Gasteiger partial charge in [-0.15, -0.1) is 0 Å². The molecule has 2 aliphatic rings. The van der Waals surface area contributed by atoms with Crippen LogP contribution in [0.5, 0.6) is 5.75 Å². The highest BCUT2D eigenvalue weighted by Crippen LogP contribution is 2.30. The largest absolute Gasteiger partial charge is 0.497 e. The van der Waals surface area contributed by atoms with Crippen LogP contribution in [0.15, 0.2) is 53.5 Å². The zero-order chi connectivity index (χ0) is 20.1. The van der Waals surface area contributed by atoms with Crippen LogP contribution >= 0.6 is 0 Å². The molecule has 2 aromatic carbocycles. The van der Waals surface area contributed by atoms with E-state index in [1.54, 1.807) is 7.11 Å². The number of aliphatic imine (C=N–C) groups is 1. The number of piperazine rings is 1. The summed E-state index contributed by atoms with van der Waals surface area (Å²) in [5.74, 6) is 2.16. The van der Waals surface area contributed by atoms with Crippen molar-refractivity contribution in [3.05, 3.63) is 54.1 Å². The van der Waals surface area contributed by atoms with Gasteiger partial charge in [0.1, 0.15) is 5.75 Å². The van der Waals surface area contributed by atoms with E-state index in [0.29, 0.717) is 12.5 Å². The zero-order valence-electron chi connectivity index (χ0n) is 17.2. The van der Waals surface area contributed by atoms with Gasteiger partial charge in [0.05, 0.1) is 13.7 Å². The molecule has 3 N–H and O–H groups in total. The Morgan fingerprint density at radius 2 is 1.86 bits per heavy atom. The number of benzene rings is 2. The van der Waals surface area contributed by atoms with Crippen molar-refractivity contribution in [1.82, 2.24) is 4.90 Å². The molecule has 2 fully saturated rings. The lowest BCUT2D eigenvalue weighted by Gasteiger charge is -2.36. The Kier molecular flexibility index (Phi) is 6.20. The molecule has 6 nitrogen and oxygen atoms in total. The van der Waals surface area contributed by atoms with Crippen LogP contribution in [0.2, 0.25) is 0 Å². The molecule has 154 valence electrons. The maximum atomic E-state index is 6.03. The molecule has 1 heterocycles. The van der Waals surface area contributed by atoms with Crippen molar-refractivity contribution in [2.45, 2.75) is 19.4 Å². The van der Waals surface area contributed by atoms with E-state index in [9.17, 15) is 0 Å². The van der Waals surface area contributed by atoms with Crippen LogP contribution in [-0.4, -0.2) is 50.7 Å². The summed E-state index contributed by atoms with van der Waals surface area (Å²) >= 11 is 0. The highest BCUT2D eigenvalue weighted by Gasteiger charge is 2.26. The normalized spacial score (nSPS) is 18.0. The van der Waals surface area contributed by atoms with Crippen molar-refractivity contribution < 1.29 is 4.74 Å². The van der Waals surface area contributed by atoms with E-state index >= 15 is 0 Å². The van der Waals surface area contributed by atoms with E-state index in [0.717, 1.165) is 36.0 Å². The second kappa shape index (κ2) is 9.18. The molecule has 0 unspecified atom stereocenters. The second-order valence-corrected chi connectivity index (χ2v) is 7.96. The lowest BCUT2D eigenvalue weighted by Crippen LogP contribution is -2.47. The van der Waals surface area contributed by atoms with Crippen LogP contribution in [0.1, 0.15) is 18.4 Å². The number of anilines is 2. The lowest BCUT2D eigenvalue weighted by molar-refractivity contribution is 0.248. The fourth-order valence-electron chi connectivity index (χ4n) is 3.73. The Morgan fingerprint density at radius 1 is 1.10 bits per heavy atom. The van der Waals surface area contributed by atoms with E-state index < -0.39 is 0 Å².